The van der Waals surface area contributed by atoms with Crippen LogP contribution in [0.5, 0.6) is 0 Å². The molecule has 0 radical (unpaired) electrons. The average molecular weight is 252 g/mol. The van der Waals surface area contributed by atoms with Crippen molar-refractivity contribution in [3.63, 3.8) is 0 Å². The first-order valence-corrected chi connectivity index (χ1v) is 7.85. The highest BCUT2D eigenvalue weighted by molar-refractivity contribution is 4.71. The maximum Gasteiger partial charge on any atom is 0.0462 e. The van der Waals surface area contributed by atoms with Gasteiger partial charge in [-0.2, -0.15) is 0 Å². The Morgan fingerprint density at radius 3 is 2.11 bits per heavy atom. The topological polar surface area (TPSA) is 27.0 Å². The van der Waals surface area contributed by atoms with Gasteiger partial charge in [0.05, 0.1) is 0 Å². The minimum absolute atomic E-state index is 1.04. The van der Waals surface area contributed by atoms with Crippen LogP contribution in [0.3, 0.4) is 0 Å². The van der Waals surface area contributed by atoms with E-state index in [0.29, 0.717) is 0 Å². The normalized spacial score (nSPS) is 17.1. The SMILES string of the molecule is C#N.CCCCCCCN1CCC(CCC)CC1. The predicted octanol–water partition coefficient (Wildman–Crippen LogP) is 4.61. The first kappa shape index (κ1) is 17.4. The van der Waals surface area contributed by atoms with E-state index < -0.39 is 0 Å². The largest absolute Gasteiger partial charge is 0.303 e. The van der Waals surface area contributed by atoms with Crippen molar-refractivity contribution in [3.05, 3.63) is 0 Å². The molecule has 1 aliphatic rings. The fourth-order valence-corrected chi connectivity index (χ4v) is 2.85. The Bertz CT molecular complexity index is 181. The zero-order chi connectivity index (χ0) is 13.6. The molecule has 106 valence electrons. The first-order chi connectivity index (χ1) is 8.86. The average Bonchev–Trinajstić information content (AvgIpc) is 2.43. The molecule has 0 aromatic carbocycles. The molecule has 0 saturated carbocycles. The van der Waals surface area contributed by atoms with Gasteiger partial charge in [0.15, 0.2) is 0 Å². The van der Waals surface area contributed by atoms with Gasteiger partial charge in [-0.1, -0.05) is 52.4 Å². The summed E-state index contributed by atoms with van der Waals surface area (Å²) in [5.74, 6) is 1.04. The van der Waals surface area contributed by atoms with E-state index in [2.05, 4.69) is 25.3 Å². The van der Waals surface area contributed by atoms with Crippen molar-refractivity contribution >= 4 is 0 Å². The number of nitriles is 1. The molecule has 2 heteroatoms. The highest BCUT2D eigenvalue weighted by Gasteiger charge is 2.17. The molecule has 1 aliphatic heterocycles. The standard InChI is InChI=1S/C15H31N.CHN/c1-3-5-6-7-8-12-16-13-10-15(9-4-2)11-14-16;1-2/h15H,3-14H2,1-2H3;1H. The lowest BCUT2D eigenvalue weighted by Crippen LogP contribution is -2.34. The summed E-state index contributed by atoms with van der Waals surface area (Å²) < 4.78 is 0. The van der Waals surface area contributed by atoms with Crippen LogP contribution in [-0.4, -0.2) is 24.5 Å². The molecule has 0 bridgehead atoms. The van der Waals surface area contributed by atoms with E-state index in [1.807, 2.05) is 0 Å². The third-order valence-corrected chi connectivity index (χ3v) is 3.98. The van der Waals surface area contributed by atoms with Gasteiger partial charge in [0.1, 0.15) is 0 Å². The van der Waals surface area contributed by atoms with Gasteiger partial charge in [-0.3, -0.25) is 0 Å². The van der Waals surface area contributed by atoms with E-state index in [-0.39, 0.29) is 0 Å². The lowest BCUT2D eigenvalue weighted by Gasteiger charge is -2.31. The van der Waals surface area contributed by atoms with Crippen LogP contribution < -0.4 is 0 Å². The quantitative estimate of drug-likeness (QED) is 0.590. The van der Waals surface area contributed by atoms with Crippen molar-refractivity contribution in [3.8, 4) is 6.57 Å². The van der Waals surface area contributed by atoms with Crippen molar-refractivity contribution < 1.29 is 0 Å². The van der Waals surface area contributed by atoms with Gasteiger partial charge in [-0.05, 0) is 44.8 Å². The highest BCUT2D eigenvalue weighted by Crippen LogP contribution is 2.21. The van der Waals surface area contributed by atoms with Crippen molar-refractivity contribution in [2.75, 3.05) is 19.6 Å². The summed E-state index contributed by atoms with van der Waals surface area (Å²) in [5, 5.41) is 6.50. The zero-order valence-electron chi connectivity index (χ0n) is 12.5. The smallest absolute Gasteiger partial charge is 0.0462 e. The van der Waals surface area contributed by atoms with Gasteiger partial charge in [0.25, 0.3) is 0 Å². The molecule has 1 saturated heterocycles. The van der Waals surface area contributed by atoms with Crippen LogP contribution in [0.15, 0.2) is 0 Å². The van der Waals surface area contributed by atoms with Gasteiger partial charge in [0.2, 0.25) is 0 Å². The maximum atomic E-state index is 6.50. The number of unbranched alkanes of at least 4 members (excludes halogenated alkanes) is 4. The fraction of sp³-hybridized carbons (Fsp3) is 0.938. The number of hydrogen-bond acceptors (Lipinski definition) is 2. The molecular weight excluding hydrogens is 220 g/mol. The highest BCUT2D eigenvalue weighted by atomic mass is 15.1. The lowest BCUT2D eigenvalue weighted by molar-refractivity contribution is 0.175. The summed E-state index contributed by atoms with van der Waals surface area (Å²) in [4.78, 5) is 2.69. The molecule has 1 rings (SSSR count). The molecule has 0 aromatic rings. The van der Waals surface area contributed by atoms with E-state index in [0.717, 1.165) is 5.92 Å². The van der Waals surface area contributed by atoms with E-state index in [4.69, 9.17) is 5.26 Å². The van der Waals surface area contributed by atoms with Gasteiger partial charge in [0, 0.05) is 6.57 Å². The fourth-order valence-electron chi connectivity index (χ4n) is 2.85. The minimum atomic E-state index is 1.04. The third kappa shape index (κ3) is 8.53. The summed E-state index contributed by atoms with van der Waals surface area (Å²) >= 11 is 0. The molecule has 1 fully saturated rings. The summed E-state index contributed by atoms with van der Waals surface area (Å²) in [7, 11) is 0. The van der Waals surface area contributed by atoms with Crippen LogP contribution in [-0.2, 0) is 0 Å². The molecule has 0 aliphatic carbocycles. The molecular formula is C16H32N2. The van der Waals surface area contributed by atoms with Crippen LogP contribution in [0.25, 0.3) is 0 Å². The van der Waals surface area contributed by atoms with Crippen LogP contribution in [0.1, 0.15) is 71.6 Å². The third-order valence-electron chi connectivity index (χ3n) is 3.98. The van der Waals surface area contributed by atoms with E-state index in [1.165, 1.54) is 77.4 Å². The minimum Gasteiger partial charge on any atom is -0.303 e. The summed E-state index contributed by atoms with van der Waals surface area (Å²) in [6.07, 6.45) is 12.9. The molecule has 0 atom stereocenters. The van der Waals surface area contributed by atoms with Gasteiger partial charge in [-0.15, -0.1) is 0 Å². The van der Waals surface area contributed by atoms with Gasteiger partial charge in [-0.25, -0.2) is 5.26 Å². The molecule has 1 heterocycles. The second kappa shape index (κ2) is 12.9. The Morgan fingerprint density at radius 1 is 0.944 bits per heavy atom. The molecule has 0 unspecified atom stereocenters. The first-order valence-electron chi connectivity index (χ1n) is 7.85. The van der Waals surface area contributed by atoms with E-state index in [1.54, 1.807) is 0 Å². The van der Waals surface area contributed by atoms with E-state index >= 15 is 0 Å². The number of nitrogens with zero attached hydrogens (tertiary/aromatic N) is 2. The van der Waals surface area contributed by atoms with Gasteiger partial charge < -0.3 is 4.90 Å². The van der Waals surface area contributed by atoms with Crippen LogP contribution in [0.4, 0.5) is 0 Å². The molecule has 0 aromatic heterocycles. The van der Waals surface area contributed by atoms with Gasteiger partial charge >= 0.3 is 0 Å². The Labute approximate surface area is 114 Å². The molecule has 0 spiro atoms. The molecule has 2 nitrogen and oxygen atoms in total. The Balaban J connectivity index is 0.00000137. The Morgan fingerprint density at radius 2 is 1.56 bits per heavy atom. The predicted molar refractivity (Wildman–Crippen MR) is 79.5 cm³/mol. The lowest BCUT2D eigenvalue weighted by atomic mass is 9.92. The maximum absolute atomic E-state index is 6.50. The van der Waals surface area contributed by atoms with Crippen LogP contribution in [0.2, 0.25) is 0 Å². The second-order valence-corrected chi connectivity index (χ2v) is 5.49. The van der Waals surface area contributed by atoms with E-state index in [9.17, 15) is 0 Å². The summed E-state index contributed by atoms with van der Waals surface area (Å²) in [6.45, 7) is 12.2. The van der Waals surface area contributed by atoms with Crippen LogP contribution in [0, 0.1) is 17.8 Å². The number of rotatable bonds is 8. The Kier molecular flexibility index (Phi) is 12.5. The van der Waals surface area contributed by atoms with Crippen LogP contribution >= 0.6 is 0 Å². The monoisotopic (exact) mass is 252 g/mol. The Hall–Kier alpha value is -0.550. The number of piperidine rings is 1. The van der Waals surface area contributed by atoms with Crippen molar-refractivity contribution in [2.24, 2.45) is 5.92 Å². The number of likely N-dealkylation sites (tertiary alicyclic amines) is 1. The van der Waals surface area contributed by atoms with Crippen molar-refractivity contribution in [2.45, 2.75) is 71.6 Å². The summed E-state index contributed by atoms with van der Waals surface area (Å²) in [5.41, 5.74) is 0. The molecule has 0 amide bonds. The summed E-state index contributed by atoms with van der Waals surface area (Å²) in [6, 6.07) is 0. The number of hydrogen-bond donors (Lipinski definition) is 0. The van der Waals surface area contributed by atoms with Crippen molar-refractivity contribution in [1.82, 2.24) is 4.90 Å². The molecule has 18 heavy (non-hydrogen) atoms. The second-order valence-electron chi connectivity index (χ2n) is 5.49. The zero-order valence-corrected chi connectivity index (χ0v) is 12.5. The van der Waals surface area contributed by atoms with Crippen molar-refractivity contribution in [1.29, 1.82) is 5.26 Å². The molecule has 0 N–H and O–H groups in total.